The van der Waals surface area contributed by atoms with Crippen molar-refractivity contribution < 1.29 is 25.2 Å². The van der Waals surface area contributed by atoms with Crippen LogP contribution in [0.1, 0.15) is 0 Å². The summed E-state index contributed by atoms with van der Waals surface area (Å²) >= 11 is 2.49. The fourth-order valence-electron chi connectivity index (χ4n) is 1.07. The monoisotopic (exact) mass is 243 g/mol. The molecule has 12 heavy (non-hydrogen) atoms. The zero-order chi connectivity index (χ0) is 9.30. The van der Waals surface area contributed by atoms with E-state index < -0.39 is 29.4 Å². The van der Waals surface area contributed by atoms with Gasteiger partial charge in [-0.2, -0.15) is 0 Å². The van der Waals surface area contributed by atoms with Crippen molar-refractivity contribution in [2.45, 2.75) is 29.4 Å². The zero-order valence-corrected chi connectivity index (χ0v) is 7.91. The van der Waals surface area contributed by atoms with E-state index in [1.807, 2.05) is 0 Å². The summed E-state index contributed by atoms with van der Waals surface area (Å²) in [5.41, 5.74) is 0. The summed E-state index contributed by atoms with van der Waals surface area (Å²) in [4.78, 5) is 0. The van der Waals surface area contributed by atoms with Crippen molar-refractivity contribution >= 4 is 16.0 Å². The first-order valence-corrected chi connectivity index (χ1v) is 4.53. The molecule has 0 aromatic rings. The molecule has 1 aliphatic heterocycles. The Hall–Kier alpha value is 0.319. The summed E-state index contributed by atoms with van der Waals surface area (Å²) in [6, 6.07) is 0. The van der Waals surface area contributed by atoms with Crippen LogP contribution in [0.15, 0.2) is 0 Å². The molecule has 0 bridgehead atoms. The first-order valence-electron chi connectivity index (χ1n) is 3.54. The van der Waals surface area contributed by atoms with E-state index in [4.69, 9.17) is 9.84 Å². The molecule has 1 radical (unpaired) electrons. The quantitative estimate of drug-likeness (QED) is 0.367. The fourth-order valence-corrected chi connectivity index (χ4v) is 1.70. The Morgan fingerprint density at radius 1 is 1.08 bits per heavy atom. The second kappa shape index (κ2) is 4.02. The standard InChI is InChI=1S/C6H11O5Se/c7-1-2-3(8)4(9)5(10)6(12)11-2/h2-10H,1H2/t2-,3+,4+,5-,6?/m1/s1. The van der Waals surface area contributed by atoms with E-state index in [1.165, 1.54) is 0 Å². The van der Waals surface area contributed by atoms with Gasteiger partial charge in [0.2, 0.25) is 0 Å². The number of rotatable bonds is 1. The normalized spacial score (nSPS) is 49.2. The van der Waals surface area contributed by atoms with Crippen LogP contribution in [0, 0.1) is 0 Å². The molecule has 0 aromatic heterocycles. The second-order valence-corrected chi connectivity index (χ2v) is 3.67. The number of aliphatic hydroxyl groups is 4. The first kappa shape index (κ1) is 10.4. The van der Waals surface area contributed by atoms with E-state index in [-0.39, 0.29) is 6.61 Å². The first-order chi connectivity index (χ1) is 5.57. The van der Waals surface area contributed by atoms with Gasteiger partial charge in [0.25, 0.3) is 0 Å². The topological polar surface area (TPSA) is 90.2 Å². The van der Waals surface area contributed by atoms with Crippen LogP contribution in [0.25, 0.3) is 0 Å². The van der Waals surface area contributed by atoms with E-state index in [9.17, 15) is 15.3 Å². The van der Waals surface area contributed by atoms with Crippen molar-refractivity contribution in [3.05, 3.63) is 0 Å². The van der Waals surface area contributed by atoms with Gasteiger partial charge in [0, 0.05) is 0 Å². The third kappa shape index (κ3) is 1.80. The molecule has 1 fully saturated rings. The molecule has 1 aliphatic rings. The Morgan fingerprint density at radius 3 is 2.17 bits per heavy atom. The number of hydrogen-bond acceptors (Lipinski definition) is 5. The molecule has 1 heterocycles. The third-order valence-electron chi connectivity index (χ3n) is 1.85. The average molecular weight is 242 g/mol. The predicted molar refractivity (Wildman–Crippen MR) is 39.5 cm³/mol. The zero-order valence-electron chi connectivity index (χ0n) is 6.20. The Kier molecular flexibility index (Phi) is 3.48. The Labute approximate surface area is 77.8 Å². The molecule has 0 amide bonds. The summed E-state index contributed by atoms with van der Waals surface area (Å²) in [6.45, 7) is -0.386. The summed E-state index contributed by atoms with van der Waals surface area (Å²) < 4.78 is 4.96. The molecule has 71 valence electrons. The van der Waals surface area contributed by atoms with Gasteiger partial charge in [-0.3, -0.25) is 0 Å². The summed E-state index contributed by atoms with van der Waals surface area (Å²) in [7, 11) is 0. The van der Waals surface area contributed by atoms with Gasteiger partial charge in [0.15, 0.2) is 0 Å². The van der Waals surface area contributed by atoms with Gasteiger partial charge < -0.3 is 0 Å². The van der Waals surface area contributed by atoms with Gasteiger partial charge >= 0.3 is 77.2 Å². The van der Waals surface area contributed by atoms with Crippen molar-refractivity contribution in [3.8, 4) is 0 Å². The average Bonchev–Trinajstić information content (AvgIpc) is 2.08. The van der Waals surface area contributed by atoms with Crippen molar-refractivity contribution in [1.29, 1.82) is 0 Å². The van der Waals surface area contributed by atoms with Gasteiger partial charge in [0.1, 0.15) is 0 Å². The minimum atomic E-state index is -1.28. The molecular formula is C6H11O5Se. The molecule has 0 spiro atoms. The van der Waals surface area contributed by atoms with Gasteiger partial charge in [0.05, 0.1) is 0 Å². The van der Waals surface area contributed by atoms with Crippen LogP contribution >= 0.6 is 0 Å². The van der Waals surface area contributed by atoms with Crippen LogP contribution in [0.2, 0.25) is 0 Å². The molecule has 1 saturated heterocycles. The Morgan fingerprint density at radius 2 is 1.67 bits per heavy atom. The Balaban J connectivity index is 2.63. The molecule has 5 atom stereocenters. The summed E-state index contributed by atoms with van der Waals surface area (Å²) in [6.07, 6.45) is -4.51. The van der Waals surface area contributed by atoms with E-state index in [1.54, 1.807) is 0 Å². The molecule has 6 heteroatoms. The molecule has 1 rings (SSSR count). The van der Waals surface area contributed by atoms with E-state index in [2.05, 4.69) is 16.0 Å². The van der Waals surface area contributed by atoms with Crippen LogP contribution in [0.4, 0.5) is 0 Å². The van der Waals surface area contributed by atoms with Gasteiger partial charge in [-0.05, 0) is 0 Å². The van der Waals surface area contributed by atoms with Crippen LogP contribution in [-0.2, 0) is 4.74 Å². The van der Waals surface area contributed by atoms with Crippen molar-refractivity contribution in [3.63, 3.8) is 0 Å². The number of ether oxygens (including phenoxy) is 1. The minimum absolute atomic E-state index is 0.386. The molecule has 0 aromatic carbocycles. The number of aliphatic hydroxyl groups excluding tert-OH is 4. The maximum absolute atomic E-state index is 9.22. The fraction of sp³-hybridized carbons (Fsp3) is 1.00. The summed E-state index contributed by atoms with van der Waals surface area (Å²) in [5.74, 6) is 0. The van der Waals surface area contributed by atoms with Crippen LogP contribution in [0.3, 0.4) is 0 Å². The molecule has 5 nitrogen and oxygen atoms in total. The van der Waals surface area contributed by atoms with Crippen molar-refractivity contribution in [2.75, 3.05) is 6.61 Å². The molecule has 1 unspecified atom stereocenters. The molecule has 0 saturated carbocycles. The number of hydrogen-bond donors (Lipinski definition) is 4. The SMILES string of the molecule is OC[C@H]1OC([Se])[C@H](O)[C@@H](O)[C@H]1O. The summed E-state index contributed by atoms with van der Waals surface area (Å²) in [5, 5.41) is 35.6. The van der Waals surface area contributed by atoms with Crippen molar-refractivity contribution in [1.82, 2.24) is 0 Å². The Bertz CT molecular complexity index is 150. The van der Waals surface area contributed by atoms with E-state index in [0.29, 0.717) is 0 Å². The molecule has 0 aliphatic carbocycles. The predicted octanol–water partition coefficient (Wildman–Crippen LogP) is -3.05. The van der Waals surface area contributed by atoms with E-state index in [0.717, 1.165) is 0 Å². The maximum atomic E-state index is 9.22. The van der Waals surface area contributed by atoms with Crippen LogP contribution < -0.4 is 0 Å². The second-order valence-electron chi connectivity index (χ2n) is 2.70. The van der Waals surface area contributed by atoms with Crippen molar-refractivity contribution in [2.24, 2.45) is 0 Å². The van der Waals surface area contributed by atoms with E-state index >= 15 is 0 Å². The molecular weight excluding hydrogens is 231 g/mol. The van der Waals surface area contributed by atoms with Gasteiger partial charge in [-0.1, -0.05) is 0 Å². The van der Waals surface area contributed by atoms with Crippen LogP contribution in [-0.4, -0.2) is 72.5 Å². The third-order valence-corrected chi connectivity index (χ3v) is 2.67. The van der Waals surface area contributed by atoms with Crippen LogP contribution in [0.5, 0.6) is 0 Å². The molecule has 4 N–H and O–H groups in total. The van der Waals surface area contributed by atoms with Gasteiger partial charge in [-0.15, -0.1) is 0 Å². The van der Waals surface area contributed by atoms with Gasteiger partial charge in [-0.25, -0.2) is 0 Å².